The molecule has 1 aromatic carbocycles. The van der Waals surface area contributed by atoms with Crippen LogP contribution in [0.2, 0.25) is 0 Å². The van der Waals surface area contributed by atoms with E-state index in [4.69, 9.17) is 0 Å². The predicted octanol–water partition coefficient (Wildman–Crippen LogP) is 2.13. The number of likely N-dealkylation sites (N-methyl/N-ethyl adjacent to an activating group) is 1. The highest BCUT2D eigenvalue weighted by molar-refractivity contribution is 6.01. The van der Waals surface area contributed by atoms with Crippen LogP contribution in [-0.2, 0) is 17.9 Å². The minimum absolute atomic E-state index is 0.162. The zero-order valence-electron chi connectivity index (χ0n) is 18.9. The maximum atomic E-state index is 12.9. The average molecular weight is 426 g/mol. The van der Waals surface area contributed by atoms with Crippen LogP contribution in [0.5, 0.6) is 0 Å². The van der Waals surface area contributed by atoms with Crippen molar-refractivity contribution in [1.29, 1.82) is 0 Å². The van der Waals surface area contributed by atoms with Crippen molar-refractivity contribution in [2.24, 2.45) is 5.92 Å². The van der Waals surface area contributed by atoms with Crippen molar-refractivity contribution in [3.63, 3.8) is 0 Å². The number of carbonyl (C=O) groups excluding carboxylic acids is 3. The maximum Gasteiger partial charge on any atom is 0.272 e. The molecule has 2 N–H and O–H groups in total. The van der Waals surface area contributed by atoms with E-state index < -0.39 is 5.54 Å². The zero-order valence-corrected chi connectivity index (χ0v) is 18.9. The first-order chi connectivity index (χ1) is 14.6. The van der Waals surface area contributed by atoms with Crippen molar-refractivity contribution in [3.05, 3.63) is 52.8 Å². The molecule has 0 saturated heterocycles. The summed E-state index contributed by atoms with van der Waals surface area (Å²) in [6.45, 7) is 8.99. The number of hydrogen-bond acceptors (Lipinski definition) is 4. The molecule has 0 radical (unpaired) electrons. The highest BCUT2D eigenvalue weighted by atomic mass is 16.2. The average Bonchev–Trinajstić information content (AvgIpc) is 3.15. The molecular formula is C23H31N5O3. The lowest BCUT2D eigenvalue weighted by Gasteiger charge is -2.40. The minimum Gasteiger partial charge on any atom is -0.354 e. The van der Waals surface area contributed by atoms with Crippen molar-refractivity contribution >= 4 is 17.7 Å². The second-order valence-electron chi connectivity index (χ2n) is 8.76. The van der Waals surface area contributed by atoms with Crippen molar-refractivity contribution in [2.75, 3.05) is 13.6 Å². The Hall–Kier alpha value is -3.16. The molecule has 1 unspecified atom stereocenters. The van der Waals surface area contributed by atoms with Crippen LogP contribution in [0.1, 0.15) is 59.3 Å². The van der Waals surface area contributed by atoms with Gasteiger partial charge in [0.25, 0.3) is 11.8 Å². The molecule has 0 spiro atoms. The summed E-state index contributed by atoms with van der Waals surface area (Å²) in [4.78, 5) is 39.9. The van der Waals surface area contributed by atoms with E-state index in [1.165, 1.54) is 15.6 Å². The van der Waals surface area contributed by atoms with Crippen LogP contribution in [0, 0.1) is 12.8 Å². The van der Waals surface area contributed by atoms with E-state index in [9.17, 15) is 14.4 Å². The molecule has 8 nitrogen and oxygen atoms in total. The summed E-state index contributed by atoms with van der Waals surface area (Å²) in [5.74, 6) is -0.449. The van der Waals surface area contributed by atoms with E-state index in [1.54, 1.807) is 14.0 Å². The Morgan fingerprint density at radius 3 is 2.61 bits per heavy atom. The van der Waals surface area contributed by atoms with Crippen LogP contribution >= 0.6 is 0 Å². The Morgan fingerprint density at radius 1 is 1.23 bits per heavy atom. The van der Waals surface area contributed by atoms with Gasteiger partial charge in [-0.25, -0.2) is 0 Å². The molecule has 1 atom stereocenters. The van der Waals surface area contributed by atoms with Crippen molar-refractivity contribution in [2.45, 2.75) is 52.7 Å². The summed E-state index contributed by atoms with van der Waals surface area (Å²) in [5.41, 5.74) is 1.48. The van der Waals surface area contributed by atoms with Gasteiger partial charge in [0.05, 0.1) is 6.54 Å². The number of fused-ring (bicyclic) bond motifs is 1. The zero-order chi connectivity index (χ0) is 22.8. The lowest BCUT2D eigenvalue weighted by atomic mass is 9.95. The van der Waals surface area contributed by atoms with Gasteiger partial charge in [-0.3, -0.25) is 19.1 Å². The van der Waals surface area contributed by atoms with Gasteiger partial charge in [0.15, 0.2) is 5.69 Å². The number of nitrogens with zero attached hydrogens (tertiary/aromatic N) is 3. The lowest BCUT2D eigenvalue weighted by molar-refractivity contribution is -0.132. The van der Waals surface area contributed by atoms with Crippen LogP contribution < -0.4 is 10.6 Å². The molecule has 1 aliphatic heterocycles. The molecular weight excluding hydrogens is 394 g/mol. The standard InChI is InChI=1S/C23H31N5O3/c1-15(2)10-11-24-22(31)23(4)14-28-19(21(30)27(23)5)12-18(26-28)20(29)25-13-17-9-7-6-8-16(17)3/h6-9,12,15H,10-11,13-14H2,1-5H3,(H,24,31)(H,25,29). The number of aromatic nitrogens is 2. The number of carbonyl (C=O) groups is 3. The van der Waals surface area contributed by atoms with Crippen LogP contribution in [0.4, 0.5) is 0 Å². The van der Waals surface area contributed by atoms with Crippen LogP contribution in [-0.4, -0.2) is 51.5 Å². The number of benzene rings is 1. The number of nitrogens with one attached hydrogen (secondary N) is 2. The van der Waals surface area contributed by atoms with Gasteiger partial charge in [-0.1, -0.05) is 38.1 Å². The summed E-state index contributed by atoms with van der Waals surface area (Å²) < 4.78 is 1.47. The van der Waals surface area contributed by atoms with E-state index in [2.05, 4.69) is 29.6 Å². The molecule has 166 valence electrons. The van der Waals surface area contributed by atoms with Crippen LogP contribution in [0.25, 0.3) is 0 Å². The van der Waals surface area contributed by atoms with E-state index in [1.807, 2.05) is 31.2 Å². The Morgan fingerprint density at radius 2 is 1.94 bits per heavy atom. The topological polar surface area (TPSA) is 96.3 Å². The van der Waals surface area contributed by atoms with Gasteiger partial charge in [0.1, 0.15) is 11.2 Å². The van der Waals surface area contributed by atoms with Gasteiger partial charge in [-0.2, -0.15) is 5.10 Å². The predicted molar refractivity (Wildman–Crippen MR) is 118 cm³/mol. The molecule has 3 rings (SSSR count). The first-order valence-electron chi connectivity index (χ1n) is 10.6. The molecule has 3 amide bonds. The van der Waals surface area contributed by atoms with E-state index in [-0.39, 0.29) is 30.0 Å². The lowest BCUT2D eigenvalue weighted by Crippen LogP contribution is -2.62. The second-order valence-corrected chi connectivity index (χ2v) is 8.76. The van der Waals surface area contributed by atoms with E-state index in [0.717, 1.165) is 17.5 Å². The number of aryl methyl sites for hydroxylation is 1. The Bertz CT molecular complexity index is 997. The molecule has 1 aliphatic rings. The highest BCUT2D eigenvalue weighted by Gasteiger charge is 2.46. The first-order valence-corrected chi connectivity index (χ1v) is 10.6. The minimum atomic E-state index is -1.08. The number of hydrogen-bond donors (Lipinski definition) is 2. The summed E-state index contributed by atoms with van der Waals surface area (Å²) in [6.07, 6.45) is 0.859. The van der Waals surface area contributed by atoms with Gasteiger partial charge in [-0.15, -0.1) is 0 Å². The third-order valence-electron chi connectivity index (χ3n) is 5.93. The first kappa shape index (κ1) is 22.5. The fraction of sp³-hybridized carbons (Fsp3) is 0.478. The SMILES string of the molecule is Cc1ccccc1CNC(=O)c1cc2n(n1)CC(C)(C(=O)NCCC(C)C)N(C)C2=O. The van der Waals surface area contributed by atoms with Crippen molar-refractivity contribution < 1.29 is 14.4 Å². The van der Waals surface area contributed by atoms with E-state index in [0.29, 0.717) is 24.7 Å². The van der Waals surface area contributed by atoms with E-state index >= 15 is 0 Å². The summed E-state index contributed by atoms with van der Waals surface area (Å²) in [6, 6.07) is 9.30. The molecule has 0 aliphatic carbocycles. The fourth-order valence-electron chi connectivity index (χ4n) is 3.58. The third-order valence-corrected chi connectivity index (χ3v) is 5.93. The summed E-state index contributed by atoms with van der Waals surface area (Å²) in [7, 11) is 1.61. The highest BCUT2D eigenvalue weighted by Crippen LogP contribution is 2.26. The maximum absolute atomic E-state index is 12.9. The molecule has 0 saturated carbocycles. The molecule has 31 heavy (non-hydrogen) atoms. The molecule has 8 heteroatoms. The molecule has 2 aromatic rings. The Labute approximate surface area is 183 Å². The van der Waals surface area contributed by atoms with Gasteiger partial charge < -0.3 is 15.5 Å². The van der Waals surface area contributed by atoms with Crippen molar-refractivity contribution in [1.82, 2.24) is 25.3 Å². The summed E-state index contributed by atoms with van der Waals surface area (Å²) in [5, 5.41) is 10.1. The largest absolute Gasteiger partial charge is 0.354 e. The van der Waals surface area contributed by atoms with Crippen LogP contribution in [0.15, 0.2) is 30.3 Å². The fourth-order valence-corrected chi connectivity index (χ4v) is 3.58. The van der Waals surface area contributed by atoms with Gasteiger partial charge in [-0.05, 0) is 37.3 Å². The molecule has 0 fully saturated rings. The monoisotopic (exact) mass is 425 g/mol. The number of amides is 3. The molecule has 0 bridgehead atoms. The quantitative estimate of drug-likeness (QED) is 0.710. The molecule has 2 heterocycles. The van der Waals surface area contributed by atoms with Gasteiger partial charge in [0.2, 0.25) is 5.91 Å². The Kier molecular flexibility index (Phi) is 6.48. The molecule has 1 aromatic heterocycles. The number of rotatable bonds is 7. The normalized spacial score (nSPS) is 18.1. The smallest absolute Gasteiger partial charge is 0.272 e. The third kappa shape index (κ3) is 4.62. The van der Waals surface area contributed by atoms with Gasteiger partial charge >= 0.3 is 0 Å². The van der Waals surface area contributed by atoms with Gasteiger partial charge in [0, 0.05) is 26.2 Å². The second kappa shape index (κ2) is 8.91. The Balaban J connectivity index is 1.74. The van der Waals surface area contributed by atoms with Crippen LogP contribution in [0.3, 0.4) is 0 Å². The van der Waals surface area contributed by atoms with Crippen molar-refractivity contribution in [3.8, 4) is 0 Å². The summed E-state index contributed by atoms with van der Waals surface area (Å²) >= 11 is 0.